The van der Waals surface area contributed by atoms with Crippen molar-refractivity contribution in [3.05, 3.63) is 53.6 Å². The third kappa shape index (κ3) is 2.47. The Labute approximate surface area is 121 Å². The lowest BCUT2D eigenvalue weighted by Gasteiger charge is -2.04. The predicted octanol–water partition coefficient (Wildman–Crippen LogP) is 2.67. The van der Waals surface area contributed by atoms with Gasteiger partial charge in [-0.05, 0) is 32.0 Å². The van der Waals surface area contributed by atoms with E-state index in [0.717, 1.165) is 11.4 Å². The number of aryl methyl sites for hydroxylation is 2. The van der Waals surface area contributed by atoms with Gasteiger partial charge >= 0.3 is 0 Å². The third-order valence-corrected chi connectivity index (χ3v) is 3.05. The van der Waals surface area contributed by atoms with Crippen LogP contribution in [0.2, 0.25) is 0 Å². The van der Waals surface area contributed by atoms with Crippen LogP contribution in [0, 0.1) is 19.7 Å². The molecule has 2 N–H and O–H groups in total. The Hall–Kier alpha value is -2.76. The first-order valence-electron chi connectivity index (χ1n) is 6.47. The molecule has 0 amide bonds. The zero-order valence-corrected chi connectivity index (χ0v) is 11.7. The highest BCUT2D eigenvalue weighted by molar-refractivity contribution is 5.63. The van der Waals surface area contributed by atoms with Gasteiger partial charge in [0.15, 0.2) is 0 Å². The Kier molecular flexibility index (Phi) is 3.13. The highest BCUT2D eigenvalue weighted by atomic mass is 19.1. The van der Waals surface area contributed by atoms with Crippen LogP contribution < -0.4 is 5.73 Å². The molecule has 21 heavy (non-hydrogen) atoms. The first kappa shape index (κ1) is 13.2. The van der Waals surface area contributed by atoms with E-state index in [1.165, 1.54) is 10.7 Å². The molecule has 0 spiro atoms. The van der Waals surface area contributed by atoms with Gasteiger partial charge in [0, 0.05) is 23.0 Å². The van der Waals surface area contributed by atoms with Crippen molar-refractivity contribution in [2.45, 2.75) is 13.8 Å². The van der Waals surface area contributed by atoms with Gasteiger partial charge in [0.05, 0.1) is 5.69 Å². The molecule has 0 radical (unpaired) electrons. The summed E-state index contributed by atoms with van der Waals surface area (Å²) >= 11 is 0. The van der Waals surface area contributed by atoms with E-state index < -0.39 is 0 Å². The molecular formula is C15H14FN5. The fourth-order valence-corrected chi connectivity index (χ4v) is 2.16. The predicted molar refractivity (Wildman–Crippen MR) is 78.4 cm³/mol. The summed E-state index contributed by atoms with van der Waals surface area (Å²) in [5.74, 6) is 0.398. The average Bonchev–Trinajstić information content (AvgIpc) is 2.80. The molecule has 0 aliphatic carbocycles. The van der Waals surface area contributed by atoms with Crippen molar-refractivity contribution in [2.24, 2.45) is 0 Å². The summed E-state index contributed by atoms with van der Waals surface area (Å²) in [7, 11) is 0. The minimum Gasteiger partial charge on any atom is -0.383 e. The summed E-state index contributed by atoms with van der Waals surface area (Å²) < 4.78 is 15.2. The standard InChI is InChI=1S/C15H14FN5/c1-9-7-10(2)19-15(18-9)21-14(17)8-13(20-21)11-5-3-4-6-12(11)16/h3-8H,17H2,1-2H3. The molecule has 0 saturated carbocycles. The number of nitrogens with zero attached hydrogens (tertiary/aromatic N) is 4. The molecule has 2 aromatic heterocycles. The number of rotatable bonds is 2. The number of nitrogen functional groups attached to an aromatic ring is 1. The van der Waals surface area contributed by atoms with Crippen molar-refractivity contribution in [3.63, 3.8) is 0 Å². The zero-order chi connectivity index (χ0) is 15.0. The molecule has 6 heteroatoms. The third-order valence-electron chi connectivity index (χ3n) is 3.05. The summed E-state index contributed by atoms with van der Waals surface area (Å²) in [6.07, 6.45) is 0. The number of halogens is 1. The van der Waals surface area contributed by atoms with Crippen LogP contribution in [0.1, 0.15) is 11.4 Å². The Bertz CT molecular complexity index is 789. The van der Waals surface area contributed by atoms with Gasteiger partial charge in [-0.15, -0.1) is 0 Å². The van der Waals surface area contributed by atoms with E-state index in [-0.39, 0.29) is 5.82 Å². The van der Waals surface area contributed by atoms with Crippen LogP contribution in [0.3, 0.4) is 0 Å². The van der Waals surface area contributed by atoms with E-state index in [0.29, 0.717) is 23.0 Å². The van der Waals surface area contributed by atoms with Gasteiger partial charge in [0.2, 0.25) is 0 Å². The summed E-state index contributed by atoms with van der Waals surface area (Å²) in [5, 5.41) is 4.32. The fraction of sp³-hybridized carbons (Fsp3) is 0.133. The van der Waals surface area contributed by atoms with Gasteiger partial charge in [0.25, 0.3) is 5.95 Å². The minimum absolute atomic E-state index is 0.344. The van der Waals surface area contributed by atoms with Gasteiger partial charge in [-0.1, -0.05) is 12.1 Å². The van der Waals surface area contributed by atoms with Gasteiger partial charge in [-0.25, -0.2) is 14.4 Å². The first-order chi connectivity index (χ1) is 10.0. The lowest BCUT2D eigenvalue weighted by Crippen LogP contribution is -2.08. The van der Waals surface area contributed by atoms with Crippen LogP contribution in [0.4, 0.5) is 10.2 Å². The number of hydrogen-bond donors (Lipinski definition) is 1. The molecule has 5 nitrogen and oxygen atoms in total. The Morgan fingerprint density at radius 2 is 1.71 bits per heavy atom. The van der Waals surface area contributed by atoms with Crippen molar-refractivity contribution >= 4 is 5.82 Å². The summed E-state index contributed by atoms with van der Waals surface area (Å²) in [6, 6.07) is 9.90. The molecule has 0 bridgehead atoms. The second-order valence-corrected chi connectivity index (χ2v) is 4.80. The van der Waals surface area contributed by atoms with E-state index in [2.05, 4.69) is 15.1 Å². The molecule has 2 heterocycles. The number of hydrogen-bond acceptors (Lipinski definition) is 4. The van der Waals surface area contributed by atoms with E-state index in [9.17, 15) is 4.39 Å². The van der Waals surface area contributed by atoms with Gasteiger partial charge < -0.3 is 5.73 Å². The molecule has 106 valence electrons. The van der Waals surface area contributed by atoms with Gasteiger partial charge in [0.1, 0.15) is 11.6 Å². The quantitative estimate of drug-likeness (QED) is 0.785. The maximum atomic E-state index is 13.8. The van der Waals surface area contributed by atoms with Crippen molar-refractivity contribution in [3.8, 4) is 17.2 Å². The van der Waals surface area contributed by atoms with Crippen molar-refractivity contribution in [1.82, 2.24) is 19.7 Å². The largest absolute Gasteiger partial charge is 0.383 e. The fourth-order valence-electron chi connectivity index (χ4n) is 2.16. The van der Waals surface area contributed by atoms with Crippen LogP contribution in [0.5, 0.6) is 0 Å². The molecule has 3 aromatic rings. The van der Waals surface area contributed by atoms with Crippen molar-refractivity contribution in [2.75, 3.05) is 5.73 Å². The van der Waals surface area contributed by atoms with Crippen LogP contribution in [-0.4, -0.2) is 19.7 Å². The molecule has 0 saturated heterocycles. The van der Waals surface area contributed by atoms with E-state index in [4.69, 9.17) is 5.73 Å². The topological polar surface area (TPSA) is 69.6 Å². The van der Waals surface area contributed by atoms with Crippen LogP contribution in [0.25, 0.3) is 17.2 Å². The van der Waals surface area contributed by atoms with Crippen molar-refractivity contribution in [1.29, 1.82) is 0 Å². The molecule has 0 atom stereocenters. The van der Waals surface area contributed by atoms with Crippen LogP contribution in [-0.2, 0) is 0 Å². The normalized spacial score (nSPS) is 10.8. The van der Waals surface area contributed by atoms with E-state index in [1.54, 1.807) is 24.3 Å². The first-order valence-corrected chi connectivity index (χ1v) is 6.47. The van der Waals surface area contributed by atoms with Gasteiger partial charge in [-0.2, -0.15) is 9.78 Å². The highest BCUT2D eigenvalue weighted by Crippen LogP contribution is 2.24. The second-order valence-electron chi connectivity index (χ2n) is 4.80. The number of anilines is 1. The summed E-state index contributed by atoms with van der Waals surface area (Å²) in [5.41, 5.74) is 8.45. The second kappa shape index (κ2) is 4.97. The van der Waals surface area contributed by atoms with Crippen molar-refractivity contribution < 1.29 is 4.39 Å². The zero-order valence-electron chi connectivity index (χ0n) is 11.7. The SMILES string of the molecule is Cc1cc(C)nc(-n2nc(-c3ccccc3F)cc2N)n1. The molecular weight excluding hydrogens is 269 g/mol. The smallest absolute Gasteiger partial charge is 0.252 e. The molecule has 3 rings (SSSR count). The monoisotopic (exact) mass is 283 g/mol. The number of aromatic nitrogens is 4. The van der Waals surface area contributed by atoms with E-state index in [1.807, 2.05) is 19.9 Å². The number of benzene rings is 1. The van der Waals surface area contributed by atoms with Crippen LogP contribution in [0.15, 0.2) is 36.4 Å². The summed E-state index contributed by atoms with van der Waals surface area (Å²) in [4.78, 5) is 8.62. The molecule has 0 aliphatic rings. The number of nitrogens with two attached hydrogens (primary N) is 1. The van der Waals surface area contributed by atoms with E-state index >= 15 is 0 Å². The van der Waals surface area contributed by atoms with Crippen LogP contribution >= 0.6 is 0 Å². The Morgan fingerprint density at radius 1 is 1.05 bits per heavy atom. The summed E-state index contributed by atoms with van der Waals surface area (Å²) in [6.45, 7) is 3.74. The lowest BCUT2D eigenvalue weighted by molar-refractivity contribution is 0.630. The molecule has 0 unspecified atom stereocenters. The maximum Gasteiger partial charge on any atom is 0.252 e. The Morgan fingerprint density at radius 3 is 2.38 bits per heavy atom. The molecule has 1 aromatic carbocycles. The average molecular weight is 283 g/mol. The molecule has 0 fully saturated rings. The molecule has 0 aliphatic heterocycles. The highest BCUT2D eigenvalue weighted by Gasteiger charge is 2.13. The Balaban J connectivity index is 2.12. The maximum absolute atomic E-state index is 13.8. The lowest BCUT2D eigenvalue weighted by atomic mass is 10.1. The van der Waals surface area contributed by atoms with Gasteiger partial charge in [-0.3, -0.25) is 0 Å². The minimum atomic E-state index is -0.344.